The molecule has 0 saturated heterocycles. The third kappa shape index (κ3) is 2.91. The molecule has 0 aliphatic rings. The minimum absolute atomic E-state index is 0.238. The fraction of sp³-hybridized carbons (Fsp3) is 0.500. The van der Waals surface area contributed by atoms with Gasteiger partial charge in [-0.3, -0.25) is 4.57 Å². The molecule has 2 N–H and O–H groups in total. The number of ether oxygens (including phenoxy) is 2. The summed E-state index contributed by atoms with van der Waals surface area (Å²) in [7, 11) is 2.89. The van der Waals surface area contributed by atoms with Crippen LogP contribution in [0.4, 0.5) is 5.95 Å². The molecule has 1 atom stereocenters. The van der Waals surface area contributed by atoms with Gasteiger partial charge in [0.05, 0.1) is 14.2 Å². The van der Waals surface area contributed by atoms with E-state index >= 15 is 0 Å². The van der Waals surface area contributed by atoms with Crippen molar-refractivity contribution in [1.82, 2.24) is 14.5 Å². The maximum Gasteiger partial charge on any atom is 0.329 e. The molecule has 0 amide bonds. The van der Waals surface area contributed by atoms with Crippen LogP contribution in [0.2, 0.25) is 0 Å². The van der Waals surface area contributed by atoms with Crippen LogP contribution in [0.3, 0.4) is 0 Å². The largest absolute Gasteiger partial charge is 0.481 e. The van der Waals surface area contributed by atoms with Gasteiger partial charge in [0.15, 0.2) is 5.65 Å². The molecule has 114 valence electrons. The summed E-state index contributed by atoms with van der Waals surface area (Å²) in [5.74, 6) is 0.606. The van der Waals surface area contributed by atoms with Crippen LogP contribution in [0.1, 0.15) is 26.3 Å². The van der Waals surface area contributed by atoms with Gasteiger partial charge in [-0.1, -0.05) is 13.8 Å². The molecule has 0 aliphatic heterocycles. The van der Waals surface area contributed by atoms with Crippen molar-refractivity contribution in [3.8, 4) is 5.88 Å². The maximum absolute atomic E-state index is 12.1. The van der Waals surface area contributed by atoms with Crippen LogP contribution in [0, 0.1) is 5.92 Å². The van der Waals surface area contributed by atoms with E-state index in [1.165, 1.54) is 14.2 Å². The van der Waals surface area contributed by atoms with E-state index in [0.29, 0.717) is 23.5 Å². The Labute approximate surface area is 123 Å². The molecule has 7 heteroatoms. The van der Waals surface area contributed by atoms with E-state index in [9.17, 15) is 4.79 Å². The second-order valence-electron chi connectivity index (χ2n) is 5.20. The summed E-state index contributed by atoms with van der Waals surface area (Å²) in [6, 6.07) is 2.91. The van der Waals surface area contributed by atoms with Crippen LogP contribution in [0.5, 0.6) is 5.88 Å². The average Bonchev–Trinajstić information content (AvgIpc) is 2.78. The van der Waals surface area contributed by atoms with Gasteiger partial charge in [-0.2, -0.15) is 4.98 Å². The first-order chi connectivity index (χ1) is 9.97. The van der Waals surface area contributed by atoms with Gasteiger partial charge in [-0.15, -0.1) is 0 Å². The van der Waals surface area contributed by atoms with Crippen LogP contribution < -0.4 is 10.5 Å². The Morgan fingerprint density at radius 2 is 2.05 bits per heavy atom. The summed E-state index contributed by atoms with van der Waals surface area (Å²) in [6.07, 6.45) is 0.585. The Kier molecular flexibility index (Phi) is 4.30. The molecule has 0 aliphatic carbocycles. The van der Waals surface area contributed by atoms with Crippen LogP contribution in [-0.2, 0) is 9.53 Å². The average molecular weight is 292 g/mol. The van der Waals surface area contributed by atoms with Crippen molar-refractivity contribution in [2.75, 3.05) is 20.0 Å². The lowest BCUT2D eigenvalue weighted by atomic mass is 10.0. The molecule has 0 bridgehead atoms. The number of nitrogens with zero attached hydrogens (tertiary/aromatic N) is 3. The third-order valence-electron chi connectivity index (χ3n) is 3.23. The summed E-state index contributed by atoms with van der Waals surface area (Å²) in [5, 5.41) is 0. The van der Waals surface area contributed by atoms with Crippen molar-refractivity contribution in [3.63, 3.8) is 0 Å². The van der Waals surface area contributed by atoms with Gasteiger partial charge in [0.1, 0.15) is 11.6 Å². The zero-order valence-corrected chi connectivity index (χ0v) is 12.7. The predicted molar refractivity (Wildman–Crippen MR) is 79.0 cm³/mol. The summed E-state index contributed by atoms with van der Waals surface area (Å²) in [4.78, 5) is 20.7. The van der Waals surface area contributed by atoms with E-state index in [2.05, 4.69) is 9.97 Å². The second kappa shape index (κ2) is 5.99. The molecule has 2 aromatic heterocycles. The molecule has 21 heavy (non-hydrogen) atoms. The zero-order valence-electron chi connectivity index (χ0n) is 12.7. The SMILES string of the molecule is COC(=O)C(CC(C)C)n1c(N)nc2ccc(OC)nc21. The van der Waals surface area contributed by atoms with E-state index in [0.717, 1.165) is 0 Å². The Morgan fingerprint density at radius 3 is 2.62 bits per heavy atom. The summed E-state index contributed by atoms with van der Waals surface area (Å²) in [5.41, 5.74) is 7.11. The van der Waals surface area contributed by atoms with Crippen LogP contribution in [0.25, 0.3) is 11.2 Å². The molecule has 0 saturated carbocycles. The van der Waals surface area contributed by atoms with Crippen molar-refractivity contribution in [2.45, 2.75) is 26.3 Å². The van der Waals surface area contributed by atoms with Crippen LogP contribution in [-0.4, -0.2) is 34.7 Å². The first-order valence-corrected chi connectivity index (χ1v) is 6.74. The standard InChI is InChI=1S/C14H20N4O3/c1-8(2)7-10(13(19)21-4)18-12-9(16-14(18)15)5-6-11(17-12)20-3/h5-6,8,10H,7H2,1-4H3,(H2,15,16). The quantitative estimate of drug-likeness (QED) is 0.844. The summed E-state index contributed by atoms with van der Waals surface area (Å²) < 4.78 is 11.6. The number of nitrogens with two attached hydrogens (primary N) is 1. The van der Waals surface area contributed by atoms with E-state index in [1.54, 1.807) is 16.7 Å². The van der Waals surface area contributed by atoms with Crippen molar-refractivity contribution in [2.24, 2.45) is 5.92 Å². The van der Waals surface area contributed by atoms with E-state index in [4.69, 9.17) is 15.2 Å². The number of hydrogen-bond donors (Lipinski definition) is 1. The van der Waals surface area contributed by atoms with Gasteiger partial charge in [0.2, 0.25) is 11.8 Å². The molecule has 0 radical (unpaired) electrons. The van der Waals surface area contributed by atoms with Gasteiger partial charge in [-0.25, -0.2) is 9.78 Å². The lowest BCUT2D eigenvalue weighted by Crippen LogP contribution is -2.24. The van der Waals surface area contributed by atoms with Crippen LogP contribution in [0.15, 0.2) is 12.1 Å². The van der Waals surface area contributed by atoms with Gasteiger partial charge < -0.3 is 15.2 Å². The number of carbonyl (C=O) groups excluding carboxylic acids is 1. The highest BCUT2D eigenvalue weighted by Crippen LogP contribution is 2.28. The summed E-state index contributed by atoms with van der Waals surface area (Å²) >= 11 is 0. The lowest BCUT2D eigenvalue weighted by Gasteiger charge is -2.19. The molecule has 2 heterocycles. The van der Waals surface area contributed by atoms with Gasteiger partial charge in [0, 0.05) is 6.07 Å². The Morgan fingerprint density at radius 1 is 1.33 bits per heavy atom. The molecule has 2 rings (SSSR count). The number of hydrogen-bond acceptors (Lipinski definition) is 6. The van der Waals surface area contributed by atoms with Crippen molar-refractivity contribution >= 4 is 23.1 Å². The Hall–Kier alpha value is -2.31. The number of carbonyl (C=O) groups is 1. The predicted octanol–water partition coefficient (Wildman–Crippen LogP) is 1.78. The molecule has 0 spiro atoms. The molecule has 0 fully saturated rings. The highest BCUT2D eigenvalue weighted by molar-refractivity contribution is 5.81. The number of imidazole rings is 1. The second-order valence-corrected chi connectivity index (χ2v) is 5.20. The van der Waals surface area contributed by atoms with Crippen molar-refractivity contribution in [3.05, 3.63) is 12.1 Å². The normalized spacial score (nSPS) is 12.6. The van der Waals surface area contributed by atoms with Gasteiger partial charge in [-0.05, 0) is 18.4 Å². The number of rotatable bonds is 5. The van der Waals surface area contributed by atoms with E-state index < -0.39 is 6.04 Å². The van der Waals surface area contributed by atoms with E-state index in [-0.39, 0.29) is 17.8 Å². The number of esters is 1. The topological polar surface area (TPSA) is 92.3 Å². The fourth-order valence-electron chi connectivity index (χ4n) is 2.28. The first kappa shape index (κ1) is 15.1. The molecular formula is C14H20N4O3. The number of anilines is 1. The van der Waals surface area contributed by atoms with Crippen molar-refractivity contribution in [1.29, 1.82) is 0 Å². The number of methoxy groups -OCH3 is 2. The van der Waals surface area contributed by atoms with Gasteiger partial charge >= 0.3 is 5.97 Å². The smallest absolute Gasteiger partial charge is 0.329 e. The molecule has 7 nitrogen and oxygen atoms in total. The Bertz CT molecular complexity index is 651. The minimum Gasteiger partial charge on any atom is -0.481 e. The molecule has 0 aromatic carbocycles. The first-order valence-electron chi connectivity index (χ1n) is 6.74. The summed E-state index contributed by atoms with van der Waals surface area (Å²) in [6.45, 7) is 4.05. The highest BCUT2D eigenvalue weighted by Gasteiger charge is 2.27. The zero-order chi connectivity index (χ0) is 15.6. The lowest BCUT2D eigenvalue weighted by molar-refractivity contribution is -0.145. The van der Waals surface area contributed by atoms with E-state index in [1.807, 2.05) is 13.8 Å². The highest BCUT2D eigenvalue weighted by atomic mass is 16.5. The number of pyridine rings is 1. The maximum atomic E-state index is 12.1. The monoisotopic (exact) mass is 292 g/mol. The Balaban J connectivity index is 2.60. The minimum atomic E-state index is -0.556. The molecule has 2 aromatic rings. The number of fused-ring (bicyclic) bond motifs is 1. The number of nitrogen functional groups attached to an aromatic ring is 1. The number of aromatic nitrogens is 3. The third-order valence-corrected chi connectivity index (χ3v) is 3.23. The van der Waals surface area contributed by atoms with Crippen LogP contribution >= 0.6 is 0 Å². The van der Waals surface area contributed by atoms with Gasteiger partial charge in [0.25, 0.3) is 0 Å². The fourth-order valence-corrected chi connectivity index (χ4v) is 2.28. The van der Waals surface area contributed by atoms with Crippen molar-refractivity contribution < 1.29 is 14.3 Å². The molecule has 1 unspecified atom stereocenters. The molecular weight excluding hydrogens is 272 g/mol.